The summed E-state index contributed by atoms with van der Waals surface area (Å²) in [6.07, 6.45) is 2.14. The Kier molecular flexibility index (Phi) is 6.05. The number of unbranched alkanes of at least 4 members (excludes halogenated alkanes) is 2. The first-order valence-corrected chi connectivity index (χ1v) is 6.27. The Balaban J connectivity index is 2.73. The van der Waals surface area contributed by atoms with Crippen molar-refractivity contribution in [1.82, 2.24) is 4.90 Å². The molecule has 0 aliphatic rings. The highest BCUT2D eigenvalue weighted by molar-refractivity contribution is 5.94. The van der Waals surface area contributed by atoms with Gasteiger partial charge < -0.3 is 10.0 Å². The normalized spacial score (nSPS) is 10.3. The Morgan fingerprint density at radius 2 is 2.05 bits per heavy atom. The molecule has 20 heavy (non-hydrogen) atoms. The lowest BCUT2D eigenvalue weighted by Crippen LogP contribution is -2.27. The van der Waals surface area contributed by atoms with Crippen molar-refractivity contribution in [3.05, 3.63) is 39.7 Å². The van der Waals surface area contributed by atoms with Crippen molar-refractivity contribution in [2.45, 2.75) is 19.3 Å². The molecule has 0 radical (unpaired) electrons. The van der Waals surface area contributed by atoms with Crippen molar-refractivity contribution >= 4 is 11.6 Å². The van der Waals surface area contributed by atoms with Crippen molar-refractivity contribution in [2.75, 3.05) is 20.2 Å². The molecule has 1 amide bonds. The Morgan fingerprint density at radius 1 is 1.35 bits per heavy atom. The van der Waals surface area contributed by atoms with Crippen molar-refractivity contribution in [1.29, 1.82) is 0 Å². The van der Waals surface area contributed by atoms with E-state index >= 15 is 0 Å². The number of rotatable bonds is 7. The molecule has 1 rings (SSSR count). The van der Waals surface area contributed by atoms with Gasteiger partial charge in [-0.1, -0.05) is 0 Å². The SMILES string of the molecule is CN(CCCCCO)C(=O)c1cc(F)cc([N+](=O)[O-])c1. The fourth-order valence-corrected chi connectivity index (χ4v) is 1.76. The van der Waals surface area contributed by atoms with Gasteiger partial charge in [0.05, 0.1) is 11.0 Å². The van der Waals surface area contributed by atoms with Gasteiger partial charge >= 0.3 is 0 Å². The average Bonchev–Trinajstić information content (AvgIpc) is 2.41. The predicted molar refractivity (Wildman–Crippen MR) is 71.0 cm³/mol. The lowest BCUT2D eigenvalue weighted by molar-refractivity contribution is -0.385. The molecule has 0 unspecified atom stereocenters. The zero-order valence-electron chi connectivity index (χ0n) is 11.2. The van der Waals surface area contributed by atoms with Crippen molar-refractivity contribution < 1.29 is 19.2 Å². The van der Waals surface area contributed by atoms with Crippen LogP contribution in [0.1, 0.15) is 29.6 Å². The van der Waals surface area contributed by atoms with Crippen molar-refractivity contribution in [3.8, 4) is 0 Å². The number of nitro benzene ring substituents is 1. The standard InChI is InChI=1S/C13H17FN2O4/c1-15(5-3-2-4-6-17)13(18)10-7-11(14)9-12(8-10)16(19)20/h7-9,17H,2-6H2,1H3. The van der Waals surface area contributed by atoms with E-state index in [0.717, 1.165) is 24.6 Å². The summed E-state index contributed by atoms with van der Waals surface area (Å²) in [6, 6.07) is 2.83. The molecule has 0 heterocycles. The van der Waals surface area contributed by atoms with Gasteiger partial charge in [0, 0.05) is 31.8 Å². The molecule has 0 bridgehead atoms. The quantitative estimate of drug-likeness (QED) is 0.471. The summed E-state index contributed by atoms with van der Waals surface area (Å²) in [5.74, 6) is -1.27. The lowest BCUT2D eigenvalue weighted by atomic mass is 10.1. The number of hydrogen-bond donors (Lipinski definition) is 1. The zero-order chi connectivity index (χ0) is 15.1. The number of hydrogen-bond acceptors (Lipinski definition) is 4. The average molecular weight is 284 g/mol. The topological polar surface area (TPSA) is 83.7 Å². The molecule has 1 aromatic carbocycles. The Morgan fingerprint density at radius 3 is 2.65 bits per heavy atom. The summed E-state index contributed by atoms with van der Waals surface area (Å²) in [6.45, 7) is 0.552. The number of carbonyl (C=O) groups is 1. The molecule has 0 atom stereocenters. The van der Waals surface area contributed by atoms with Gasteiger partial charge in [0.15, 0.2) is 0 Å². The number of aliphatic hydroxyl groups excluding tert-OH is 1. The van der Waals surface area contributed by atoms with Crippen molar-refractivity contribution in [3.63, 3.8) is 0 Å². The van der Waals surface area contributed by atoms with Crippen LogP contribution in [-0.4, -0.2) is 41.0 Å². The summed E-state index contributed by atoms with van der Waals surface area (Å²) in [7, 11) is 1.55. The van der Waals surface area contributed by atoms with Crippen LogP contribution in [0.5, 0.6) is 0 Å². The number of amides is 1. The fraction of sp³-hybridized carbons (Fsp3) is 0.462. The van der Waals surface area contributed by atoms with Crippen LogP contribution < -0.4 is 0 Å². The minimum Gasteiger partial charge on any atom is -0.396 e. The van der Waals surface area contributed by atoms with Crippen LogP contribution in [0.4, 0.5) is 10.1 Å². The fourth-order valence-electron chi connectivity index (χ4n) is 1.76. The van der Waals surface area contributed by atoms with Crippen LogP contribution in [0.3, 0.4) is 0 Å². The molecule has 0 aliphatic heterocycles. The van der Waals surface area contributed by atoms with E-state index in [1.807, 2.05) is 0 Å². The van der Waals surface area contributed by atoms with Crippen LogP contribution in [-0.2, 0) is 0 Å². The maximum absolute atomic E-state index is 13.3. The van der Waals surface area contributed by atoms with E-state index in [9.17, 15) is 19.3 Å². The molecule has 110 valence electrons. The van der Waals surface area contributed by atoms with Gasteiger partial charge in [0.1, 0.15) is 5.82 Å². The van der Waals surface area contributed by atoms with E-state index < -0.39 is 22.3 Å². The summed E-state index contributed by atoms with van der Waals surface area (Å²) in [5.41, 5.74) is -0.483. The maximum Gasteiger partial charge on any atom is 0.273 e. The highest BCUT2D eigenvalue weighted by atomic mass is 19.1. The van der Waals surface area contributed by atoms with Gasteiger partial charge in [-0.3, -0.25) is 14.9 Å². The molecular weight excluding hydrogens is 267 g/mol. The molecule has 0 spiro atoms. The van der Waals surface area contributed by atoms with Crippen LogP contribution in [0.25, 0.3) is 0 Å². The molecule has 1 aromatic rings. The first kappa shape index (κ1) is 16.0. The third-order valence-corrected chi connectivity index (χ3v) is 2.84. The zero-order valence-corrected chi connectivity index (χ0v) is 11.2. The second-order valence-corrected chi connectivity index (χ2v) is 4.47. The monoisotopic (exact) mass is 284 g/mol. The van der Waals surface area contributed by atoms with Crippen LogP contribution >= 0.6 is 0 Å². The van der Waals surface area contributed by atoms with Crippen LogP contribution in [0.15, 0.2) is 18.2 Å². The molecule has 0 aromatic heterocycles. The molecule has 0 aliphatic carbocycles. The number of aliphatic hydroxyl groups is 1. The number of benzene rings is 1. The van der Waals surface area contributed by atoms with E-state index in [2.05, 4.69) is 0 Å². The number of non-ortho nitro benzene ring substituents is 1. The molecule has 0 saturated heterocycles. The van der Waals surface area contributed by atoms with Crippen LogP contribution in [0.2, 0.25) is 0 Å². The van der Waals surface area contributed by atoms with Gasteiger partial charge in [-0.25, -0.2) is 4.39 Å². The number of halogens is 1. The van der Waals surface area contributed by atoms with Gasteiger partial charge in [0.25, 0.3) is 11.6 Å². The molecule has 1 N–H and O–H groups in total. The van der Waals surface area contributed by atoms with E-state index in [1.165, 1.54) is 4.90 Å². The molecule has 0 saturated carbocycles. The van der Waals surface area contributed by atoms with Gasteiger partial charge in [-0.2, -0.15) is 0 Å². The Labute approximate surface area is 116 Å². The molecular formula is C13H17FN2O4. The van der Waals surface area contributed by atoms with Gasteiger partial charge in [-0.15, -0.1) is 0 Å². The second-order valence-electron chi connectivity index (χ2n) is 4.47. The summed E-state index contributed by atoms with van der Waals surface area (Å²) in [4.78, 5) is 23.3. The van der Waals surface area contributed by atoms with E-state index in [-0.39, 0.29) is 12.2 Å². The third-order valence-electron chi connectivity index (χ3n) is 2.84. The number of nitro groups is 1. The summed E-state index contributed by atoms with van der Waals surface area (Å²) < 4.78 is 13.3. The minimum atomic E-state index is -0.809. The molecule has 6 nitrogen and oxygen atoms in total. The van der Waals surface area contributed by atoms with Crippen molar-refractivity contribution in [2.24, 2.45) is 0 Å². The Bertz CT molecular complexity index is 493. The summed E-state index contributed by atoms with van der Waals surface area (Å²) >= 11 is 0. The van der Waals surface area contributed by atoms with E-state index in [0.29, 0.717) is 19.4 Å². The molecule has 0 fully saturated rings. The predicted octanol–water partition coefficient (Wildman–Crippen LogP) is 1.97. The first-order valence-electron chi connectivity index (χ1n) is 6.27. The largest absolute Gasteiger partial charge is 0.396 e. The maximum atomic E-state index is 13.3. The minimum absolute atomic E-state index is 0.0404. The number of carbonyl (C=O) groups excluding carboxylic acids is 1. The first-order chi connectivity index (χ1) is 9.45. The molecule has 7 heteroatoms. The second kappa shape index (κ2) is 7.54. The van der Waals surface area contributed by atoms with Gasteiger partial charge in [0.2, 0.25) is 0 Å². The van der Waals surface area contributed by atoms with Crippen LogP contribution in [0, 0.1) is 15.9 Å². The lowest BCUT2D eigenvalue weighted by Gasteiger charge is -2.17. The van der Waals surface area contributed by atoms with E-state index in [1.54, 1.807) is 7.05 Å². The number of nitrogens with zero attached hydrogens (tertiary/aromatic N) is 2. The smallest absolute Gasteiger partial charge is 0.273 e. The Hall–Kier alpha value is -2.02. The third kappa shape index (κ3) is 4.58. The van der Waals surface area contributed by atoms with E-state index in [4.69, 9.17) is 5.11 Å². The van der Waals surface area contributed by atoms with Gasteiger partial charge in [-0.05, 0) is 25.3 Å². The highest BCUT2D eigenvalue weighted by Crippen LogP contribution is 2.17. The summed E-state index contributed by atoms with van der Waals surface area (Å²) in [5, 5.41) is 19.3. The highest BCUT2D eigenvalue weighted by Gasteiger charge is 2.17.